The van der Waals surface area contributed by atoms with Gasteiger partial charge in [0.05, 0.1) is 5.75 Å². The van der Waals surface area contributed by atoms with Crippen molar-refractivity contribution < 1.29 is 22.7 Å². The molecule has 0 aliphatic carbocycles. The lowest BCUT2D eigenvalue weighted by Gasteiger charge is -2.27. The van der Waals surface area contributed by atoms with Crippen molar-refractivity contribution >= 4 is 33.2 Å². The smallest absolute Gasteiger partial charge is 0.408 e. The van der Waals surface area contributed by atoms with Crippen molar-refractivity contribution in [2.75, 3.05) is 31.6 Å². The molecule has 1 unspecified atom stereocenters. The summed E-state index contributed by atoms with van der Waals surface area (Å²) >= 11 is 1.78. The number of ether oxygens (including phenoxy) is 1. The van der Waals surface area contributed by atoms with Crippen LogP contribution in [0.1, 0.15) is 22.4 Å². The molecular weight excluding hydrogens is 450 g/mol. The van der Waals surface area contributed by atoms with E-state index in [1.165, 1.54) is 10.4 Å². The highest BCUT2D eigenvalue weighted by molar-refractivity contribution is 7.90. The van der Waals surface area contributed by atoms with Crippen LogP contribution in [0.3, 0.4) is 0 Å². The first-order chi connectivity index (χ1) is 15.3. The van der Waals surface area contributed by atoms with Crippen molar-refractivity contribution in [3.05, 3.63) is 57.8 Å². The summed E-state index contributed by atoms with van der Waals surface area (Å²) < 4.78 is 28.3. The predicted octanol–water partition coefficient (Wildman–Crippen LogP) is 1.95. The fourth-order valence-electron chi connectivity index (χ4n) is 3.47. The number of benzene rings is 1. The number of sulfone groups is 1. The molecule has 10 heteroatoms. The first-order valence-electron chi connectivity index (χ1n) is 10.5. The number of carbonyl (C=O) groups is 2. The molecule has 1 aromatic heterocycles. The Morgan fingerprint density at radius 1 is 1.22 bits per heavy atom. The van der Waals surface area contributed by atoms with Crippen LogP contribution in [0.5, 0.6) is 0 Å². The Morgan fingerprint density at radius 2 is 2.00 bits per heavy atom. The van der Waals surface area contributed by atoms with E-state index in [-0.39, 0.29) is 18.8 Å². The fraction of sp³-hybridized carbons (Fsp3) is 0.455. The maximum atomic E-state index is 12.7. The zero-order valence-corrected chi connectivity index (χ0v) is 19.7. The molecule has 3 rings (SSSR count). The molecule has 1 atom stereocenters. The summed E-state index contributed by atoms with van der Waals surface area (Å²) in [5.41, 5.74) is 2.15. The molecular formula is C22H29N3O5S2. The molecule has 174 valence electrons. The third-order valence-corrected chi connectivity index (χ3v) is 7.21. The molecule has 32 heavy (non-hydrogen) atoms. The molecule has 0 fully saturated rings. The summed E-state index contributed by atoms with van der Waals surface area (Å²) in [5.74, 6) is -0.629. The van der Waals surface area contributed by atoms with Gasteiger partial charge in [0.1, 0.15) is 22.5 Å². The molecule has 0 spiro atoms. The van der Waals surface area contributed by atoms with Crippen LogP contribution in [0, 0.1) is 0 Å². The Kier molecular flexibility index (Phi) is 8.66. The number of carbonyl (C=O) groups excluding carboxylic acids is 2. The summed E-state index contributed by atoms with van der Waals surface area (Å²) in [6.07, 6.45) is 1.33. The van der Waals surface area contributed by atoms with Crippen LogP contribution in [-0.2, 0) is 38.9 Å². The second kappa shape index (κ2) is 11.4. The van der Waals surface area contributed by atoms with Gasteiger partial charge in [-0.2, -0.15) is 0 Å². The average molecular weight is 480 g/mol. The van der Waals surface area contributed by atoms with Crippen molar-refractivity contribution in [1.82, 2.24) is 15.5 Å². The highest BCUT2D eigenvalue weighted by atomic mass is 32.2. The van der Waals surface area contributed by atoms with Gasteiger partial charge >= 0.3 is 6.09 Å². The summed E-state index contributed by atoms with van der Waals surface area (Å²) in [6.45, 7) is 2.94. The van der Waals surface area contributed by atoms with E-state index < -0.39 is 27.9 Å². The zero-order valence-electron chi connectivity index (χ0n) is 18.1. The SMILES string of the molecule is CS(=O)(=O)CCC(NC(=O)OCc1ccccc1)C(=O)NCCN1CCc2sccc2C1. The van der Waals surface area contributed by atoms with E-state index >= 15 is 0 Å². The van der Waals surface area contributed by atoms with Crippen LogP contribution in [0.4, 0.5) is 4.79 Å². The first-order valence-corrected chi connectivity index (χ1v) is 13.4. The van der Waals surface area contributed by atoms with Crippen LogP contribution in [0.15, 0.2) is 41.8 Å². The largest absolute Gasteiger partial charge is 0.445 e. The highest BCUT2D eigenvalue weighted by Gasteiger charge is 2.23. The molecule has 2 aromatic rings. The van der Waals surface area contributed by atoms with E-state index in [2.05, 4.69) is 27.0 Å². The predicted molar refractivity (Wildman–Crippen MR) is 124 cm³/mol. The van der Waals surface area contributed by atoms with Gasteiger partial charge in [-0.3, -0.25) is 9.69 Å². The van der Waals surface area contributed by atoms with Gasteiger partial charge in [-0.15, -0.1) is 11.3 Å². The highest BCUT2D eigenvalue weighted by Crippen LogP contribution is 2.23. The Hall–Kier alpha value is -2.43. The van der Waals surface area contributed by atoms with Gasteiger partial charge in [-0.1, -0.05) is 30.3 Å². The van der Waals surface area contributed by atoms with E-state index in [1.807, 2.05) is 30.3 Å². The Labute approximate surface area is 192 Å². The maximum Gasteiger partial charge on any atom is 0.408 e. The third-order valence-electron chi connectivity index (χ3n) is 5.21. The van der Waals surface area contributed by atoms with Crippen LogP contribution in [-0.4, -0.2) is 63.0 Å². The van der Waals surface area contributed by atoms with Gasteiger partial charge in [-0.05, 0) is 35.4 Å². The quantitative estimate of drug-likeness (QED) is 0.540. The average Bonchev–Trinajstić information content (AvgIpc) is 3.23. The Morgan fingerprint density at radius 3 is 2.75 bits per heavy atom. The monoisotopic (exact) mass is 479 g/mol. The number of hydrogen-bond donors (Lipinski definition) is 2. The van der Waals surface area contributed by atoms with E-state index in [0.717, 1.165) is 31.3 Å². The van der Waals surface area contributed by atoms with Crippen LogP contribution in [0.2, 0.25) is 0 Å². The summed E-state index contributed by atoms with van der Waals surface area (Å²) in [5, 5.41) is 7.43. The normalized spacial score (nSPS) is 14.9. The van der Waals surface area contributed by atoms with E-state index in [4.69, 9.17) is 4.74 Å². The number of nitrogens with one attached hydrogen (secondary N) is 2. The van der Waals surface area contributed by atoms with Gasteiger partial charge in [0, 0.05) is 37.3 Å². The molecule has 1 aliphatic heterocycles. The molecule has 8 nitrogen and oxygen atoms in total. The lowest BCUT2D eigenvalue weighted by molar-refractivity contribution is -0.123. The number of alkyl carbamates (subject to hydrolysis) is 1. The lowest BCUT2D eigenvalue weighted by Crippen LogP contribution is -2.49. The third kappa shape index (κ3) is 7.92. The molecule has 0 radical (unpaired) electrons. The van der Waals surface area contributed by atoms with Crippen LogP contribution >= 0.6 is 11.3 Å². The van der Waals surface area contributed by atoms with E-state index in [9.17, 15) is 18.0 Å². The topological polar surface area (TPSA) is 105 Å². The maximum absolute atomic E-state index is 12.7. The van der Waals surface area contributed by atoms with Gasteiger partial charge in [-0.25, -0.2) is 13.2 Å². The van der Waals surface area contributed by atoms with Crippen molar-refractivity contribution in [2.24, 2.45) is 0 Å². The van der Waals surface area contributed by atoms with Crippen molar-refractivity contribution in [3.63, 3.8) is 0 Å². The van der Waals surface area contributed by atoms with Gasteiger partial charge in [0.2, 0.25) is 5.91 Å². The molecule has 1 aromatic carbocycles. The van der Waals surface area contributed by atoms with E-state index in [1.54, 1.807) is 11.3 Å². The second-order valence-corrected chi connectivity index (χ2v) is 11.1. The number of fused-ring (bicyclic) bond motifs is 1. The van der Waals surface area contributed by atoms with Crippen LogP contribution < -0.4 is 10.6 Å². The minimum atomic E-state index is -3.28. The first kappa shape index (κ1) is 24.2. The number of amides is 2. The van der Waals surface area contributed by atoms with Crippen molar-refractivity contribution in [2.45, 2.75) is 32.0 Å². The van der Waals surface area contributed by atoms with Gasteiger partial charge < -0.3 is 15.4 Å². The van der Waals surface area contributed by atoms with Gasteiger partial charge in [0.15, 0.2) is 0 Å². The minimum absolute atomic E-state index is 0.0208. The summed E-state index contributed by atoms with van der Waals surface area (Å²) in [4.78, 5) is 28.6. The van der Waals surface area contributed by atoms with Crippen molar-refractivity contribution in [1.29, 1.82) is 0 Å². The fourth-order valence-corrected chi connectivity index (χ4v) is 5.02. The van der Waals surface area contributed by atoms with Gasteiger partial charge in [0.25, 0.3) is 0 Å². The molecule has 0 saturated heterocycles. The van der Waals surface area contributed by atoms with Crippen molar-refractivity contribution in [3.8, 4) is 0 Å². The summed E-state index contributed by atoms with van der Waals surface area (Å²) in [7, 11) is -3.28. The van der Waals surface area contributed by atoms with E-state index in [0.29, 0.717) is 13.1 Å². The number of thiophene rings is 1. The summed E-state index contributed by atoms with van der Waals surface area (Å²) in [6, 6.07) is 10.3. The number of rotatable bonds is 10. The molecule has 2 N–H and O–H groups in total. The minimum Gasteiger partial charge on any atom is -0.445 e. The molecule has 1 aliphatic rings. The molecule has 2 amide bonds. The second-order valence-electron chi connectivity index (χ2n) is 7.86. The standard InChI is InChI=1S/C22H29N3O5S2/c1-32(28,29)14-9-19(24-22(27)30-16-17-5-3-2-4-6-17)21(26)23-10-12-25-11-7-20-18(15-25)8-13-31-20/h2-6,8,13,19H,7,9-12,14-16H2,1H3,(H,23,26)(H,24,27). The Balaban J connectivity index is 1.48. The lowest BCUT2D eigenvalue weighted by atomic mass is 10.1. The molecule has 0 bridgehead atoms. The zero-order chi connectivity index (χ0) is 23.0. The molecule has 0 saturated carbocycles. The molecule has 2 heterocycles. The van der Waals surface area contributed by atoms with Crippen LogP contribution in [0.25, 0.3) is 0 Å². The number of nitrogens with zero attached hydrogens (tertiary/aromatic N) is 1. The number of hydrogen-bond acceptors (Lipinski definition) is 7. The Bertz CT molecular complexity index is 1010.